The second kappa shape index (κ2) is 9.96. The highest BCUT2D eigenvalue weighted by atomic mass is 19.4. The maximum atomic E-state index is 13.6. The van der Waals surface area contributed by atoms with Gasteiger partial charge in [-0.15, -0.1) is 0 Å². The zero-order chi connectivity index (χ0) is 25.9. The Kier molecular flexibility index (Phi) is 7.41. The first-order chi connectivity index (χ1) is 16.3. The van der Waals surface area contributed by atoms with Crippen molar-refractivity contribution in [2.75, 3.05) is 5.32 Å². The summed E-state index contributed by atoms with van der Waals surface area (Å²) in [5.41, 5.74) is -0.643. The van der Waals surface area contributed by atoms with Gasteiger partial charge in [-0.25, -0.2) is 0 Å². The smallest absolute Gasteiger partial charge is 0.457 e. The molecule has 3 aromatic carbocycles. The standard InChI is InChI=1S/C23H16F9NO2/c24-20(25)22(28,29)35-19-9-3-8-18(12-19)34-17-7-2-6-16(11-17)33-13-14-4-1-5-15(10-14)21(26,27)23(30,31)32/h1-12,20,33H,13H2. The summed E-state index contributed by atoms with van der Waals surface area (Å²) in [6.07, 6.45) is -14.5. The third-order valence-electron chi connectivity index (χ3n) is 4.53. The Morgan fingerprint density at radius 2 is 1.31 bits per heavy atom. The lowest BCUT2D eigenvalue weighted by molar-refractivity contribution is -0.289. The topological polar surface area (TPSA) is 30.5 Å². The van der Waals surface area contributed by atoms with Gasteiger partial charge in [0, 0.05) is 29.9 Å². The van der Waals surface area contributed by atoms with Crippen LogP contribution in [0.2, 0.25) is 0 Å². The van der Waals surface area contributed by atoms with Gasteiger partial charge in [-0.3, -0.25) is 0 Å². The van der Waals surface area contributed by atoms with Crippen molar-refractivity contribution >= 4 is 5.69 Å². The Balaban J connectivity index is 1.68. The van der Waals surface area contributed by atoms with Crippen molar-refractivity contribution in [3.8, 4) is 17.2 Å². The number of hydrogen-bond donors (Lipinski definition) is 1. The lowest BCUT2D eigenvalue weighted by atomic mass is 10.0. The first-order valence-corrected chi connectivity index (χ1v) is 9.79. The van der Waals surface area contributed by atoms with Crippen LogP contribution < -0.4 is 14.8 Å². The number of nitrogens with one attached hydrogen (secondary N) is 1. The van der Waals surface area contributed by atoms with Crippen LogP contribution in [0.1, 0.15) is 11.1 Å². The first-order valence-electron chi connectivity index (χ1n) is 9.79. The van der Waals surface area contributed by atoms with E-state index in [-0.39, 0.29) is 23.6 Å². The molecule has 0 saturated carbocycles. The van der Waals surface area contributed by atoms with Gasteiger partial charge in [-0.1, -0.05) is 30.3 Å². The fraction of sp³-hybridized carbons (Fsp3) is 0.217. The Hall–Kier alpha value is -3.57. The van der Waals surface area contributed by atoms with Crippen LogP contribution >= 0.6 is 0 Å². The summed E-state index contributed by atoms with van der Waals surface area (Å²) < 4.78 is 125. The van der Waals surface area contributed by atoms with Crippen LogP contribution in [0.4, 0.5) is 45.2 Å². The van der Waals surface area contributed by atoms with E-state index in [1.54, 1.807) is 6.07 Å². The minimum Gasteiger partial charge on any atom is -0.457 e. The average Bonchev–Trinajstić information content (AvgIpc) is 2.77. The minimum atomic E-state index is -5.73. The van der Waals surface area contributed by atoms with E-state index in [1.165, 1.54) is 36.4 Å². The van der Waals surface area contributed by atoms with E-state index in [9.17, 15) is 39.5 Å². The SMILES string of the molecule is FC(F)C(F)(F)Oc1cccc(Oc2cccc(NCc3cccc(C(F)(F)C(F)(F)F)c3)c2)c1. The summed E-state index contributed by atoms with van der Waals surface area (Å²) in [5, 5.41) is 2.85. The van der Waals surface area contributed by atoms with Crippen LogP contribution in [0.5, 0.6) is 17.2 Å². The molecule has 0 aliphatic heterocycles. The Morgan fingerprint density at radius 1 is 0.714 bits per heavy atom. The molecule has 0 heterocycles. The van der Waals surface area contributed by atoms with Gasteiger partial charge < -0.3 is 14.8 Å². The highest BCUT2D eigenvalue weighted by Gasteiger charge is 2.58. The molecule has 0 atom stereocenters. The fourth-order valence-electron chi connectivity index (χ4n) is 2.85. The number of halogens is 9. The molecule has 3 nitrogen and oxygen atoms in total. The van der Waals surface area contributed by atoms with Crippen molar-refractivity contribution in [2.24, 2.45) is 0 Å². The highest BCUT2D eigenvalue weighted by molar-refractivity contribution is 5.50. The van der Waals surface area contributed by atoms with Gasteiger partial charge >= 0.3 is 24.6 Å². The van der Waals surface area contributed by atoms with Crippen LogP contribution in [0.15, 0.2) is 72.8 Å². The maximum absolute atomic E-state index is 13.6. The highest BCUT2D eigenvalue weighted by Crippen LogP contribution is 2.44. The largest absolute Gasteiger partial charge is 0.461 e. The zero-order valence-electron chi connectivity index (χ0n) is 17.4. The molecule has 12 heteroatoms. The van der Waals surface area contributed by atoms with Crippen LogP contribution in [0.25, 0.3) is 0 Å². The first kappa shape index (κ1) is 26.0. The van der Waals surface area contributed by atoms with Crippen LogP contribution in [0, 0.1) is 0 Å². The second-order valence-electron chi connectivity index (χ2n) is 7.20. The van der Waals surface area contributed by atoms with Crippen LogP contribution in [-0.2, 0) is 12.5 Å². The average molecular weight is 509 g/mol. The molecule has 0 saturated heterocycles. The lowest BCUT2D eigenvalue weighted by Gasteiger charge is -2.20. The molecule has 0 amide bonds. The molecule has 1 N–H and O–H groups in total. The predicted molar refractivity (Wildman–Crippen MR) is 108 cm³/mol. The quantitative estimate of drug-likeness (QED) is 0.297. The summed E-state index contributed by atoms with van der Waals surface area (Å²) in [5.74, 6) is -5.39. The van der Waals surface area contributed by atoms with Gasteiger partial charge in [0.05, 0.1) is 0 Å². The molecular formula is C23H16F9NO2. The molecule has 0 radical (unpaired) electrons. The summed E-state index contributed by atoms with van der Waals surface area (Å²) in [7, 11) is 0. The van der Waals surface area contributed by atoms with Gasteiger partial charge in [0.15, 0.2) is 0 Å². The van der Waals surface area contributed by atoms with Crippen molar-refractivity contribution in [2.45, 2.75) is 31.2 Å². The molecule has 3 aromatic rings. The molecule has 0 unspecified atom stereocenters. The number of alkyl halides is 9. The third-order valence-corrected chi connectivity index (χ3v) is 4.53. The van der Waals surface area contributed by atoms with Crippen molar-refractivity contribution in [1.82, 2.24) is 0 Å². The molecule has 0 bridgehead atoms. The summed E-state index contributed by atoms with van der Waals surface area (Å²) in [4.78, 5) is 0. The summed E-state index contributed by atoms with van der Waals surface area (Å²) >= 11 is 0. The number of benzene rings is 3. The molecule has 188 valence electrons. The van der Waals surface area contributed by atoms with Crippen LogP contribution in [-0.4, -0.2) is 18.7 Å². The van der Waals surface area contributed by atoms with E-state index in [4.69, 9.17) is 4.74 Å². The second-order valence-corrected chi connectivity index (χ2v) is 7.20. The van der Waals surface area contributed by atoms with Crippen molar-refractivity contribution in [3.63, 3.8) is 0 Å². The molecule has 3 rings (SSSR count). The van der Waals surface area contributed by atoms with Gasteiger partial charge in [0.2, 0.25) is 0 Å². The molecule has 35 heavy (non-hydrogen) atoms. The van der Waals surface area contributed by atoms with E-state index in [0.717, 1.165) is 24.3 Å². The summed E-state index contributed by atoms with van der Waals surface area (Å²) in [6, 6.07) is 14.5. The van der Waals surface area contributed by atoms with E-state index in [0.29, 0.717) is 11.8 Å². The zero-order valence-corrected chi connectivity index (χ0v) is 17.4. The Morgan fingerprint density at radius 3 is 1.97 bits per heavy atom. The third kappa shape index (κ3) is 6.52. The minimum absolute atomic E-state index is 0.00759. The number of hydrogen-bond acceptors (Lipinski definition) is 3. The monoisotopic (exact) mass is 509 g/mol. The Bertz CT molecular complexity index is 1150. The molecule has 0 aliphatic rings. The Labute approximate surface area is 193 Å². The molecular weight excluding hydrogens is 493 g/mol. The lowest BCUT2D eigenvalue weighted by Crippen LogP contribution is -2.33. The molecule has 0 spiro atoms. The number of anilines is 1. The molecule has 0 aliphatic carbocycles. The normalized spacial score (nSPS) is 12.5. The van der Waals surface area contributed by atoms with Gasteiger partial charge in [-0.2, -0.15) is 39.5 Å². The number of rotatable bonds is 9. The van der Waals surface area contributed by atoms with Crippen molar-refractivity contribution in [1.29, 1.82) is 0 Å². The van der Waals surface area contributed by atoms with Crippen LogP contribution in [0.3, 0.4) is 0 Å². The van der Waals surface area contributed by atoms with E-state index >= 15 is 0 Å². The van der Waals surface area contributed by atoms with Crippen molar-refractivity contribution in [3.05, 3.63) is 83.9 Å². The summed E-state index contributed by atoms with van der Waals surface area (Å²) in [6.45, 7) is -0.0999. The van der Waals surface area contributed by atoms with Gasteiger partial charge in [-0.05, 0) is 35.9 Å². The van der Waals surface area contributed by atoms with Gasteiger partial charge in [0.25, 0.3) is 0 Å². The molecule has 0 aromatic heterocycles. The van der Waals surface area contributed by atoms with Crippen molar-refractivity contribution < 1.29 is 49.0 Å². The fourth-order valence-corrected chi connectivity index (χ4v) is 2.85. The molecule has 0 fully saturated rings. The van der Waals surface area contributed by atoms with E-state index in [2.05, 4.69) is 10.1 Å². The number of ether oxygens (including phenoxy) is 2. The maximum Gasteiger partial charge on any atom is 0.461 e. The van der Waals surface area contributed by atoms with E-state index < -0.39 is 35.9 Å². The van der Waals surface area contributed by atoms with Gasteiger partial charge in [0.1, 0.15) is 17.2 Å². The predicted octanol–water partition coefficient (Wildman–Crippen LogP) is 7.98. The van der Waals surface area contributed by atoms with E-state index in [1.807, 2.05) is 0 Å².